The first-order valence-electron chi connectivity index (χ1n) is 7.70. The van der Waals surface area contributed by atoms with Crippen LogP contribution in [0.1, 0.15) is 32.4 Å². The van der Waals surface area contributed by atoms with Crippen molar-refractivity contribution in [3.05, 3.63) is 47.8 Å². The minimum Gasteiger partial charge on any atom is -0.466 e. The molecule has 0 bridgehead atoms. The zero-order valence-corrected chi connectivity index (χ0v) is 14.8. The lowest BCUT2D eigenvalue weighted by Crippen LogP contribution is -2.37. The molecule has 0 saturated heterocycles. The summed E-state index contributed by atoms with van der Waals surface area (Å²) in [5, 5.41) is 0. The van der Waals surface area contributed by atoms with Gasteiger partial charge in [-0.3, -0.25) is 0 Å². The summed E-state index contributed by atoms with van der Waals surface area (Å²) in [6, 6.07) is 9.38. The quantitative estimate of drug-likeness (QED) is 0.398. The second-order valence-corrected chi connectivity index (χ2v) is 9.91. The van der Waals surface area contributed by atoms with E-state index in [1.54, 1.807) is 24.3 Å². The highest BCUT2D eigenvalue weighted by atomic mass is 28.4. The van der Waals surface area contributed by atoms with Gasteiger partial charge < -0.3 is 9.16 Å². The van der Waals surface area contributed by atoms with Gasteiger partial charge in [0.25, 0.3) is 0 Å². The zero-order valence-electron chi connectivity index (χ0n) is 13.8. The van der Waals surface area contributed by atoms with Gasteiger partial charge in [-0.2, -0.15) is 0 Å². The topological polar surface area (TPSA) is 35.5 Å². The number of hydrogen-bond donors (Lipinski definition) is 0. The van der Waals surface area contributed by atoms with Crippen molar-refractivity contribution < 1.29 is 18.3 Å². The van der Waals surface area contributed by atoms with Crippen LogP contribution in [0.2, 0.25) is 18.1 Å². The first-order valence-corrected chi connectivity index (χ1v) is 10.2. The van der Waals surface area contributed by atoms with E-state index < -0.39 is 20.4 Å². The third kappa shape index (κ3) is 4.78. The summed E-state index contributed by atoms with van der Waals surface area (Å²) in [5.74, 6) is -0.796. The first kappa shape index (κ1) is 18.6. The maximum atomic E-state index is 14.1. The molecule has 1 unspecified atom stereocenters. The number of halogens is 1. The molecule has 1 aromatic rings. The molecule has 1 aromatic carbocycles. The Labute approximate surface area is 133 Å². The maximum Gasteiger partial charge on any atom is 0.330 e. The number of benzene rings is 1. The molecular weight excluding hydrogens is 299 g/mol. The van der Waals surface area contributed by atoms with Gasteiger partial charge in [-0.25, -0.2) is 9.18 Å². The van der Waals surface area contributed by atoms with E-state index in [9.17, 15) is 9.18 Å². The van der Waals surface area contributed by atoms with Crippen molar-refractivity contribution >= 4 is 14.3 Å². The Bertz CT molecular complexity index is 504. The van der Waals surface area contributed by atoms with Crippen LogP contribution in [-0.2, 0) is 14.0 Å². The Kier molecular flexibility index (Phi) is 7.48. The van der Waals surface area contributed by atoms with E-state index in [2.05, 4.69) is 25.5 Å². The maximum absolute atomic E-state index is 14.1. The van der Waals surface area contributed by atoms with E-state index in [0.717, 1.165) is 18.1 Å². The van der Waals surface area contributed by atoms with Crippen LogP contribution in [0.15, 0.2) is 36.4 Å². The Hall–Kier alpha value is -1.46. The highest BCUT2D eigenvalue weighted by Gasteiger charge is 2.32. The molecule has 0 aliphatic heterocycles. The molecule has 1 rings (SSSR count). The Balaban J connectivity index is 3.14. The third-order valence-electron chi connectivity index (χ3n) is 4.13. The molecule has 0 spiro atoms. The van der Waals surface area contributed by atoms with Crippen molar-refractivity contribution in [2.75, 3.05) is 7.11 Å². The normalized spacial score (nSPS) is 13.3. The van der Waals surface area contributed by atoms with Crippen molar-refractivity contribution in [2.45, 2.75) is 45.0 Å². The van der Waals surface area contributed by atoms with Crippen LogP contribution in [0.3, 0.4) is 0 Å². The Morgan fingerprint density at radius 3 is 2.32 bits per heavy atom. The number of methoxy groups -OCH3 is 1. The molecule has 1 atom stereocenters. The number of rotatable bonds is 8. The first-order chi connectivity index (χ1) is 10.5. The molecule has 122 valence electrons. The smallest absolute Gasteiger partial charge is 0.330 e. The monoisotopic (exact) mass is 324 g/mol. The Morgan fingerprint density at radius 1 is 1.23 bits per heavy atom. The molecule has 0 heterocycles. The molecular formula is C17H25FO3Si. The lowest BCUT2D eigenvalue weighted by atomic mass is 10.1. The van der Waals surface area contributed by atoms with Gasteiger partial charge >= 0.3 is 5.97 Å². The highest BCUT2D eigenvalue weighted by molar-refractivity contribution is 6.73. The van der Waals surface area contributed by atoms with Crippen LogP contribution in [0.5, 0.6) is 0 Å². The van der Waals surface area contributed by atoms with Crippen molar-refractivity contribution in [1.29, 1.82) is 0 Å². The van der Waals surface area contributed by atoms with Gasteiger partial charge in [-0.1, -0.05) is 39.0 Å². The third-order valence-corrected chi connectivity index (χ3v) is 8.75. The number of ether oxygens (including phenoxy) is 1. The fourth-order valence-corrected chi connectivity index (χ4v) is 5.16. The summed E-state index contributed by atoms with van der Waals surface area (Å²) < 4.78 is 25.1. The van der Waals surface area contributed by atoms with Gasteiger partial charge in [0.05, 0.1) is 13.2 Å². The molecule has 0 amide bonds. The lowest BCUT2D eigenvalue weighted by Gasteiger charge is -2.32. The van der Waals surface area contributed by atoms with Gasteiger partial charge in [0, 0.05) is 11.6 Å². The van der Waals surface area contributed by atoms with Gasteiger partial charge in [0.2, 0.25) is 0 Å². The fraction of sp³-hybridized carbons (Fsp3) is 0.471. The van der Waals surface area contributed by atoms with E-state index in [4.69, 9.17) is 4.43 Å². The lowest BCUT2D eigenvalue weighted by molar-refractivity contribution is -0.134. The molecule has 0 aliphatic rings. The van der Waals surface area contributed by atoms with E-state index >= 15 is 0 Å². The highest BCUT2D eigenvalue weighted by Crippen LogP contribution is 2.31. The number of esters is 1. The molecule has 0 radical (unpaired) electrons. The average molecular weight is 324 g/mol. The van der Waals surface area contributed by atoms with Gasteiger partial charge in [0.15, 0.2) is 8.32 Å². The van der Waals surface area contributed by atoms with Crippen molar-refractivity contribution in [2.24, 2.45) is 0 Å². The van der Waals surface area contributed by atoms with Gasteiger partial charge in [0.1, 0.15) is 5.82 Å². The zero-order chi connectivity index (χ0) is 16.6. The predicted molar refractivity (Wildman–Crippen MR) is 88.6 cm³/mol. The van der Waals surface area contributed by atoms with Crippen LogP contribution < -0.4 is 0 Å². The molecule has 0 aliphatic carbocycles. The SMILES string of the molecule is CC[Si](CC)(CC)OC(/C=C/C(=O)OC)c1ccccc1F. The van der Waals surface area contributed by atoms with E-state index in [1.807, 2.05) is 0 Å². The summed E-state index contributed by atoms with van der Waals surface area (Å²) >= 11 is 0. The molecule has 0 N–H and O–H groups in total. The van der Waals surface area contributed by atoms with Crippen LogP contribution in [-0.4, -0.2) is 21.4 Å². The summed E-state index contributed by atoms with van der Waals surface area (Å²) in [7, 11) is -0.624. The number of hydrogen-bond acceptors (Lipinski definition) is 3. The average Bonchev–Trinajstić information content (AvgIpc) is 2.56. The van der Waals surface area contributed by atoms with Crippen LogP contribution >= 0.6 is 0 Å². The molecule has 22 heavy (non-hydrogen) atoms. The molecule has 3 nitrogen and oxygen atoms in total. The van der Waals surface area contributed by atoms with Crippen molar-refractivity contribution in [1.82, 2.24) is 0 Å². The molecule has 0 saturated carbocycles. The summed E-state index contributed by atoms with van der Waals surface area (Å²) in [6.07, 6.45) is 2.33. The van der Waals surface area contributed by atoms with Gasteiger partial charge in [-0.05, 0) is 30.3 Å². The van der Waals surface area contributed by atoms with Crippen LogP contribution in [0.25, 0.3) is 0 Å². The van der Waals surface area contributed by atoms with Crippen LogP contribution in [0, 0.1) is 5.82 Å². The van der Waals surface area contributed by atoms with E-state index in [1.165, 1.54) is 19.3 Å². The van der Waals surface area contributed by atoms with Crippen LogP contribution in [0.4, 0.5) is 4.39 Å². The number of carbonyl (C=O) groups is 1. The van der Waals surface area contributed by atoms with E-state index in [0.29, 0.717) is 5.56 Å². The fourth-order valence-electron chi connectivity index (χ4n) is 2.42. The minimum atomic E-state index is -1.94. The van der Waals surface area contributed by atoms with E-state index in [-0.39, 0.29) is 5.82 Å². The standard InChI is InChI=1S/C17H25FO3Si/c1-5-22(6-2,7-3)21-16(12-13-17(19)20-4)14-10-8-9-11-15(14)18/h8-13,16H,5-7H2,1-4H3/b13-12+. The minimum absolute atomic E-state index is 0.326. The molecule has 5 heteroatoms. The van der Waals surface area contributed by atoms with Crippen molar-refractivity contribution in [3.63, 3.8) is 0 Å². The largest absolute Gasteiger partial charge is 0.466 e. The molecule has 0 fully saturated rings. The second-order valence-electron chi connectivity index (χ2n) is 5.19. The van der Waals surface area contributed by atoms with Gasteiger partial charge in [-0.15, -0.1) is 0 Å². The summed E-state index contributed by atoms with van der Waals surface area (Å²) in [4.78, 5) is 11.4. The summed E-state index contributed by atoms with van der Waals surface area (Å²) in [5.41, 5.74) is 0.454. The molecule has 0 aromatic heterocycles. The summed E-state index contributed by atoms with van der Waals surface area (Å²) in [6.45, 7) is 6.34. The van der Waals surface area contributed by atoms with Crippen molar-refractivity contribution in [3.8, 4) is 0 Å². The Morgan fingerprint density at radius 2 is 1.82 bits per heavy atom. The number of carbonyl (C=O) groups excluding carboxylic acids is 1. The predicted octanol–water partition coefficient (Wildman–Crippen LogP) is 4.62. The second kappa shape index (κ2) is 8.85.